The third-order valence-electron chi connectivity index (χ3n) is 5.99. The minimum absolute atomic E-state index is 0.00361. The van der Waals surface area contributed by atoms with E-state index >= 15 is 0 Å². The summed E-state index contributed by atoms with van der Waals surface area (Å²) < 4.78 is 22.9. The Hall–Kier alpha value is -2.62. The van der Waals surface area contributed by atoms with E-state index in [1.54, 1.807) is 23.8 Å². The second-order valence-corrected chi connectivity index (χ2v) is 9.78. The smallest absolute Gasteiger partial charge is 0.390 e. The molecule has 0 radical (unpaired) electrons. The van der Waals surface area contributed by atoms with Crippen LogP contribution >= 0.6 is 7.82 Å². The van der Waals surface area contributed by atoms with E-state index in [0.717, 1.165) is 22.3 Å². The molecule has 0 amide bonds. The molecule has 3 aromatic rings. The summed E-state index contributed by atoms with van der Waals surface area (Å²) in [6, 6.07) is 15.4. The number of nitrogens with zero attached hydrogens (tertiary/aromatic N) is 2. The lowest BCUT2D eigenvalue weighted by Crippen LogP contribution is -2.16. The van der Waals surface area contributed by atoms with E-state index in [9.17, 15) is 14.8 Å². The number of aliphatic hydroxyl groups is 2. The van der Waals surface area contributed by atoms with E-state index in [4.69, 9.17) is 19.0 Å². The Labute approximate surface area is 203 Å². The van der Waals surface area contributed by atoms with Crippen LogP contribution in [0, 0.1) is 0 Å². The van der Waals surface area contributed by atoms with E-state index in [1.165, 1.54) is 6.20 Å². The van der Waals surface area contributed by atoms with Crippen LogP contribution in [0.25, 0.3) is 17.2 Å². The average molecular weight is 500 g/mol. The third-order valence-corrected chi connectivity index (χ3v) is 6.47. The zero-order valence-corrected chi connectivity index (χ0v) is 20.1. The monoisotopic (exact) mass is 500 g/mol. The summed E-state index contributed by atoms with van der Waals surface area (Å²) in [5, 5.41) is 20.0. The molecule has 9 nitrogen and oxygen atoms in total. The van der Waals surface area contributed by atoms with Crippen LogP contribution in [0.5, 0.6) is 0 Å². The highest BCUT2D eigenvalue weighted by Gasteiger charge is 2.27. The first-order chi connectivity index (χ1) is 16.7. The molecule has 1 saturated heterocycles. The Morgan fingerprint density at radius 3 is 2.37 bits per heavy atom. The van der Waals surface area contributed by atoms with Crippen molar-refractivity contribution in [2.24, 2.45) is 0 Å². The second-order valence-electron chi connectivity index (χ2n) is 8.54. The van der Waals surface area contributed by atoms with Gasteiger partial charge < -0.3 is 29.3 Å². The number of imidazole rings is 1. The van der Waals surface area contributed by atoms with Crippen molar-refractivity contribution in [1.29, 1.82) is 0 Å². The van der Waals surface area contributed by atoms with Crippen LogP contribution < -0.4 is 0 Å². The molecule has 0 saturated carbocycles. The molecule has 0 spiro atoms. The fourth-order valence-corrected chi connectivity index (χ4v) is 4.47. The highest BCUT2D eigenvalue weighted by atomic mass is 31.2. The molecule has 186 valence electrons. The first kappa shape index (κ1) is 25.5. The minimum Gasteiger partial charge on any atom is -0.390 e. The summed E-state index contributed by atoms with van der Waals surface area (Å²) in [7, 11) is -4.66. The number of benzene rings is 2. The standard InChI is InChI=1S/C25H29N2O7P/c1-17(28)25-26-12-13-27(25)22(14-34-35(30,31)32)11-4-18-2-5-19(6-3-18)20-7-9-21(10-8-20)23-15-33-16-24(23)29/h2-13,17,22-24,28-29H,14-16H2,1H3,(H2,30,31,32)/b11-4+/t17-,22-,23-,24+/m0/s1. The zero-order chi connectivity index (χ0) is 25.0. The van der Waals surface area contributed by atoms with Gasteiger partial charge >= 0.3 is 7.82 Å². The van der Waals surface area contributed by atoms with Crippen LogP contribution in [0.3, 0.4) is 0 Å². The van der Waals surface area contributed by atoms with Crippen LogP contribution in [-0.2, 0) is 13.8 Å². The highest BCUT2D eigenvalue weighted by molar-refractivity contribution is 7.46. The summed E-state index contributed by atoms with van der Waals surface area (Å²) in [6.07, 6.45) is 5.40. The van der Waals surface area contributed by atoms with E-state index in [1.807, 2.05) is 54.6 Å². The number of rotatable bonds is 9. The molecule has 2 heterocycles. The van der Waals surface area contributed by atoms with Gasteiger partial charge in [-0.3, -0.25) is 4.52 Å². The molecule has 0 bridgehead atoms. The lowest BCUT2D eigenvalue weighted by Gasteiger charge is -2.19. The minimum atomic E-state index is -4.66. The lowest BCUT2D eigenvalue weighted by atomic mass is 9.94. The SMILES string of the molecule is C[C@H](O)c1nccn1[C@@H](/C=C/c1ccc(-c2ccc([C@@H]3COC[C@H]3O)cc2)cc1)COP(=O)(O)O. The Morgan fingerprint density at radius 2 is 1.80 bits per heavy atom. The van der Waals surface area contributed by atoms with Crippen molar-refractivity contribution in [3.63, 3.8) is 0 Å². The number of aromatic nitrogens is 2. The normalized spacial score (nSPS) is 20.4. The van der Waals surface area contributed by atoms with Gasteiger partial charge in [0.25, 0.3) is 0 Å². The van der Waals surface area contributed by atoms with E-state index in [2.05, 4.69) is 4.98 Å². The van der Waals surface area contributed by atoms with Crippen molar-refractivity contribution in [3.8, 4) is 11.1 Å². The summed E-state index contributed by atoms with van der Waals surface area (Å²) >= 11 is 0. The molecule has 4 rings (SSSR count). The molecule has 2 aromatic carbocycles. The maximum atomic E-state index is 11.2. The number of phosphoric ester groups is 1. The van der Waals surface area contributed by atoms with E-state index in [-0.39, 0.29) is 12.5 Å². The van der Waals surface area contributed by atoms with E-state index in [0.29, 0.717) is 19.0 Å². The molecule has 0 aliphatic carbocycles. The Bertz CT molecular complexity index is 1190. The Kier molecular flexibility index (Phi) is 7.98. The molecule has 4 atom stereocenters. The summed E-state index contributed by atoms with van der Waals surface area (Å²) in [6.45, 7) is 2.18. The van der Waals surface area contributed by atoms with Crippen LogP contribution in [0.15, 0.2) is 67.0 Å². The topological polar surface area (TPSA) is 134 Å². The van der Waals surface area contributed by atoms with Gasteiger partial charge in [-0.15, -0.1) is 0 Å². The van der Waals surface area contributed by atoms with Gasteiger partial charge in [-0.1, -0.05) is 60.7 Å². The molecule has 1 aromatic heterocycles. The molecule has 10 heteroatoms. The Morgan fingerprint density at radius 1 is 1.14 bits per heavy atom. The number of hydrogen-bond acceptors (Lipinski definition) is 6. The summed E-state index contributed by atoms with van der Waals surface area (Å²) in [5.74, 6) is 0.369. The van der Waals surface area contributed by atoms with Gasteiger partial charge in [0.05, 0.1) is 32.0 Å². The predicted octanol–water partition coefficient (Wildman–Crippen LogP) is 3.44. The molecule has 35 heavy (non-hydrogen) atoms. The first-order valence-electron chi connectivity index (χ1n) is 11.3. The van der Waals surface area contributed by atoms with Crippen molar-refractivity contribution < 1.29 is 33.8 Å². The fraction of sp³-hybridized carbons (Fsp3) is 0.320. The molecule has 0 unspecified atom stereocenters. The van der Waals surface area contributed by atoms with E-state index < -0.39 is 26.1 Å². The Balaban J connectivity index is 1.49. The van der Waals surface area contributed by atoms with Gasteiger partial charge in [0.2, 0.25) is 0 Å². The van der Waals surface area contributed by atoms with Gasteiger partial charge in [0, 0.05) is 18.3 Å². The van der Waals surface area contributed by atoms with Crippen molar-refractivity contribution in [2.75, 3.05) is 19.8 Å². The maximum absolute atomic E-state index is 11.2. The van der Waals surface area contributed by atoms with Gasteiger partial charge in [0.1, 0.15) is 11.9 Å². The van der Waals surface area contributed by atoms with Gasteiger partial charge in [0.15, 0.2) is 0 Å². The van der Waals surface area contributed by atoms with Gasteiger partial charge in [-0.25, -0.2) is 9.55 Å². The molecule has 1 aliphatic heterocycles. The van der Waals surface area contributed by atoms with Crippen molar-refractivity contribution in [3.05, 3.63) is 84.0 Å². The fourth-order valence-electron chi connectivity index (χ4n) is 4.12. The van der Waals surface area contributed by atoms with Crippen LogP contribution in [0.4, 0.5) is 0 Å². The number of phosphoric acid groups is 1. The molecular formula is C25H29N2O7P. The van der Waals surface area contributed by atoms with Crippen LogP contribution in [0.2, 0.25) is 0 Å². The average Bonchev–Trinajstić information content (AvgIpc) is 3.48. The molecule has 1 aliphatic rings. The molecule has 1 fully saturated rings. The second kappa shape index (κ2) is 11.0. The largest absolute Gasteiger partial charge is 0.469 e. The lowest BCUT2D eigenvalue weighted by molar-refractivity contribution is 0.124. The van der Waals surface area contributed by atoms with Crippen molar-refractivity contribution in [2.45, 2.75) is 31.1 Å². The summed E-state index contributed by atoms with van der Waals surface area (Å²) in [5.41, 5.74) is 4.02. The number of ether oxygens (including phenoxy) is 1. The number of aliphatic hydroxyl groups excluding tert-OH is 2. The van der Waals surface area contributed by atoms with Crippen LogP contribution in [-0.4, -0.2) is 55.5 Å². The molecular weight excluding hydrogens is 471 g/mol. The molecule has 4 N–H and O–H groups in total. The third kappa shape index (κ3) is 6.54. The zero-order valence-electron chi connectivity index (χ0n) is 19.2. The highest BCUT2D eigenvalue weighted by Crippen LogP contribution is 2.37. The summed E-state index contributed by atoms with van der Waals surface area (Å²) in [4.78, 5) is 22.4. The van der Waals surface area contributed by atoms with Crippen LogP contribution in [0.1, 0.15) is 41.9 Å². The maximum Gasteiger partial charge on any atom is 0.469 e. The van der Waals surface area contributed by atoms with Gasteiger partial charge in [-0.2, -0.15) is 0 Å². The number of hydrogen-bond donors (Lipinski definition) is 4. The van der Waals surface area contributed by atoms with Crippen molar-refractivity contribution in [1.82, 2.24) is 9.55 Å². The van der Waals surface area contributed by atoms with Gasteiger partial charge in [-0.05, 0) is 29.2 Å². The van der Waals surface area contributed by atoms with Crippen molar-refractivity contribution >= 4 is 13.9 Å². The first-order valence-corrected chi connectivity index (χ1v) is 12.8. The quantitative estimate of drug-likeness (QED) is 0.328. The predicted molar refractivity (Wildman–Crippen MR) is 130 cm³/mol.